The second-order valence-electron chi connectivity index (χ2n) is 2.55. The molecule has 0 saturated carbocycles. The lowest BCUT2D eigenvalue weighted by atomic mass is 10.7. The van der Waals surface area contributed by atoms with Crippen molar-refractivity contribution in [2.24, 2.45) is 0 Å². The summed E-state index contributed by atoms with van der Waals surface area (Å²) in [6.45, 7) is 2.76. The van der Waals surface area contributed by atoms with Crippen molar-refractivity contribution in [1.82, 2.24) is 0 Å². The molecule has 128 valence electrons. The van der Waals surface area contributed by atoms with Gasteiger partial charge < -0.3 is 57.6 Å². The molecule has 0 aromatic carbocycles. The van der Waals surface area contributed by atoms with Crippen molar-refractivity contribution in [3.05, 3.63) is 47.9 Å². The smallest absolute Gasteiger partial charge is 0.0701 e. The molecule has 14 heteroatoms. The standard InChI is InChI=1S/C8H18O5.3N3/c9-1-3-11-5-7-13-8-6-12-4-2-10;3*1-3-2/h9-10H,1-8H2;;;/q;3*-1. The normalized spacial score (nSPS) is 7.36. The van der Waals surface area contributed by atoms with Crippen molar-refractivity contribution in [2.75, 3.05) is 52.9 Å². The zero-order valence-corrected chi connectivity index (χ0v) is 11.8. The predicted octanol–water partition coefficient (Wildman–Crippen LogP) is 1.62. The molecule has 0 aliphatic carbocycles. The molecule has 0 bridgehead atoms. The van der Waals surface area contributed by atoms with Crippen molar-refractivity contribution in [2.45, 2.75) is 0 Å². The monoisotopic (exact) mass is 320 g/mol. The largest absolute Gasteiger partial charge is 0.394 e. The summed E-state index contributed by atoms with van der Waals surface area (Å²) >= 11 is 0. The first kappa shape index (κ1) is 28.0. The van der Waals surface area contributed by atoms with E-state index < -0.39 is 0 Å². The van der Waals surface area contributed by atoms with Gasteiger partial charge in [-0.15, -0.1) is 0 Å². The average Bonchev–Trinajstić information content (AvgIpc) is 2.48. The molecule has 0 fully saturated rings. The van der Waals surface area contributed by atoms with Gasteiger partial charge in [-0.05, 0) is 0 Å². The van der Waals surface area contributed by atoms with E-state index in [0.29, 0.717) is 39.6 Å². The number of aliphatic hydroxyl groups excluding tert-OH is 2. The number of aliphatic hydroxyl groups is 2. The quantitative estimate of drug-likeness (QED) is 0.262. The van der Waals surface area contributed by atoms with Crippen molar-refractivity contribution in [1.29, 1.82) is 0 Å². The first-order valence-electron chi connectivity index (χ1n) is 5.56. The fraction of sp³-hybridized carbons (Fsp3) is 1.00. The highest BCUT2D eigenvalue weighted by Crippen LogP contribution is 1.80. The molecule has 0 unspecified atom stereocenters. The van der Waals surface area contributed by atoms with Gasteiger partial charge in [-0.2, -0.15) is 0 Å². The molecule has 0 spiro atoms. The van der Waals surface area contributed by atoms with E-state index in [-0.39, 0.29) is 13.2 Å². The Morgan fingerprint density at radius 2 is 0.682 bits per heavy atom. The van der Waals surface area contributed by atoms with E-state index in [9.17, 15) is 0 Å². The molecule has 0 rings (SSSR count). The van der Waals surface area contributed by atoms with Gasteiger partial charge >= 0.3 is 0 Å². The highest BCUT2D eigenvalue weighted by atomic mass is 16.5. The van der Waals surface area contributed by atoms with Gasteiger partial charge in [0.05, 0.1) is 52.9 Å². The first-order chi connectivity index (χ1) is 10.7. The van der Waals surface area contributed by atoms with Gasteiger partial charge in [0.1, 0.15) is 0 Å². The maximum absolute atomic E-state index is 8.36. The minimum absolute atomic E-state index is 0.0413. The second-order valence-corrected chi connectivity index (χ2v) is 2.55. The van der Waals surface area contributed by atoms with E-state index >= 15 is 0 Å². The Kier molecular flexibility index (Phi) is 54.4. The van der Waals surface area contributed by atoms with Crippen molar-refractivity contribution >= 4 is 0 Å². The summed E-state index contributed by atoms with van der Waals surface area (Å²) in [7, 11) is 0. The maximum Gasteiger partial charge on any atom is 0.0701 e. The van der Waals surface area contributed by atoms with Gasteiger partial charge in [0.15, 0.2) is 0 Å². The summed E-state index contributed by atoms with van der Waals surface area (Å²) in [5.74, 6) is 0. The Labute approximate surface area is 126 Å². The fourth-order valence-electron chi connectivity index (χ4n) is 0.671. The topological polar surface area (TPSA) is 244 Å². The second kappa shape index (κ2) is 42.8. The van der Waals surface area contributed by atoms with Crippen molar-refractivity contribution in [3.63, 3.8) is 0 Å². The minimum atomic E-state index is 0.0413. The molecule has 0 aromatic heterocycles. The third-order valence-corrected chi connectivity index (χ3v) is 1.22. The number of hydrogen-bond donors (Lipinski definition) is 2. The molecule has 0 atom stereocenters. The summed E-state index contributed by atoms with van der Waals surface area (Å²) in [5, 5.41) is 16.7. The lowest BCUT2D eigenvalue weighted by molar-refractivity contribution is 0.00230. The number of hydrogen-bond acceptors (Lipinski definition) is 5. The zero-order chi connectivity index (χ0) is 17.9. The molecular formula is C8H18N9O5-3. The third-order valence-electron chi connectivity index (χ3n) is 1.22. The van der Waals surface area contributed by atoms with Crippen LogP contribution in [0.1, 0.15) is 0 Å². The van der Waals surface area contributed by atoms with Crippen LogP contribution in [0.4, 0.5) is 0 Å². The lowest BCUT2D eigenvalue weighted by Crippen LogP contribution is -2.11. The molecule has 0 heterocycles. The summed E-state index contributed by atoms with van der Waals surface area (Å²) in [5.41, 5.74) is 40.5. The van der Waals surface area contributed by atoms with Crippen LogP contribution in [0.5, 0.6) is 0 Å². The Balaban J connectivity index is -0.000000148. The van der Waals surface area contributed by atoms with Crippen LogP contribution < -0.4 is 0 Å². The summed E-state index contributed by atoms with van der Waals surface area (Å²) in [6, 6.07) is 0. The molecule has 0 aliphatic heterocycles. The third kappa shape index (κ3) is 83.1. The number of ether oxygens (including phenoxy) is 3. The van der Waals surface area contributed by atoms with Gasteiger partial charge in [0, 0.05) is 0 Å². The van der Waals surface area contributed by atoms with Crippen LogP contribution in [-0.2, 0) is 14.2 Å². The van der Waals surface area contributed by atoms with Gasteiger partial charge in [0.25, 0.3) is 0 Å². The van der Waals surface area contributed by atoms with Crippen LogP contribution >= 0.6 is 0 Å². The molecule has 0 aromatic rings. The van der Waals surface area contributed by atoms with E-state index in [1.807, 2.05) is 0 Å². The first-order valence-corrected chi connectivity index (χ1v) is 5.56. The fourth-order valence-corrected chi connectivity index (χ4v) is 0.671. The van der Waals surface area contributed by atoms with E-state index in [0.717, 1.165) is 0 Å². The lowest BCUT2D eigenvalue weighted by Gasteiger charge is -2.04. The number of nitrogens with zero attached hydrogens (tertiary/aromatic N) is 9. The average molecular weight is 320 g/mol. The SMILES string of the molecule is OCCOCCOCCOCCO.[N-]=[N+]=[N-].[N-]=[N+]=[N-].[N-]=[N+]=[N-]. The van der Waals surface area contributed by atoms with Crippen LogP contribution in [0, 0.1) is 0 Å². The molecule has 2 N–H and O–H groups in total. The summed E-state index contributed by atoms with van der Waals surface area (Å²) in [4.78, 5) is 4.50. The van der Waals surface area contributed by atoms with Crippen molar-refractivity contribution in [3.8, 4) is 0 Å². The molecule has 0 radical (unpaired) electrons. The van der Waals surface area contributed by atoms with Gasteiger partial charge in [-0.3, -0.25) is 14.7 Å². The van der Waals surface area contributed by atoms with Crippen molar-refractivity contribution < 1.29 is 24.4 Å². The Hall–Kier alpha value is -2.27. The zero-order valence-electron chi connectivity index (χ0n) is 11.8. The van der Waals surface area contributed by atoms with E-state index in [1.54, 1.807) is 0 Å². The van der Waals surface area contributed by atoms with Crippen LogP contribution in [-0.4, -0.2) is 63.1 Å². The minimum Gasteiger partial charge on any atom is -0.394 e. The van der Waals surface area contributed by atoms with Gasteiger partial charge in [-0.25, -0.2) is 0 Å². The Morgan fingerprint density at radius 3 is 0.864 bits per heavy atom. The van der Waals surface area contributed by atoms with Crippen LogP contribution in [0.15, 0.2) is 0 Å². The maximum atomic E-state index is 8.36. The van der Waals surface area contributed by atoms with Gasteiger partial charge in [0.2, 0.25) is 0 Å². The van der Waals surface area contributed by atoms with Crippen LogP contribution in [0.3, 0.4) is 0 Å². The summed E-state index contributed by atoms with van der Waals surface area (Å²) < 4.78 is 15.0. The van der Waals surface area contributed by atoms with E-state index in [1.165, 1.54) is 14.7 Å². The van der Waals surface area contributed by atoms with Gasteiger partial charge in [-0.1, -0.05) is 0 Å². The molecule has 14 nitrogen and oxygen atoms in total. The van der Waals surface area contributed by atoms with Crippen LogP contribution in [0.2, 0.25) is 0 Å². The molecule has 0 aliphatic rings. The molecular weight excluding hydrogens is 302 g/mol. The Bertz CT molecular complexity index is 247. The highest BCUT2D eigenvalue weighted by molar-refractivity contribution is 4.37. The Morgan fingerprint density at radius 1 is 0.500 bits per heavy atom. The molecule has 0 amide bonds. The van der Waals surface area contributed by atoms with E-state index in [2.05, 4.69) is 0 Å². The van der Waals surface area contributed by atoms with E-state index in [4.69, 9.17) is 57.6 Å². The summed E-state index contributed by atoms with van der Waals surface area (Å²) in [6.07, 6.45) is 0. The number of rotatable bonds is 10. The predicted molar refractivity (Wildman–Crippen MR) is 76.9 cm³/mol. The molecule has 0 saturated heterocycles. The van der Waals surface area contributed by atoms with Crippen LogP contribution in [0.25, 0.3) is 47.9 Å². The molecule has 22 heavy (non-hydrogen) atoms. The highest BCUT2D eigenvalue weighted by Gasteiger charge is 1.89.